The van der Waals surface area contributed by atoms with Crippen molar-refractivity contribution in [2.45, 2.75) is 24.7 Å². The first-order valence-electron chi connectivity index (χ1n) is 10.9. The molecular formula is C22H28N4O6S. The van der Waals surface area contributed by atoms with Crippen LogP contribution in [0.3, 0.4) is 0 Å². The van der Waals surface area contributed by atoms with E-state index in [1.54, 1.807) is 23.1 Å². The number of hydrogen-bond donors (Lipinski definition) is 2. The number of sulfonamides is 1. The van der Waals surface area contributed by atoms with Gasteiger partial charge in [0.15, 0.2) is 11.5 Å². The molecule has 3 heterocycles. The van der Waals surface area contributed by atoms with Crippen molar-refractivity contribution >= 4 is 27.5 Å². The Morgan fingerprint density at radius 2 is 1.85 bits per heavy atom. The van der Waals surface area contributed by atoms with Crippen LogP contribution < -0.4 is 14.8 Å². The average Bonchev–Trinajstić information content (AvgIpc) is 3.30. The van der Waals surface area contributed by atoms with Gasteiger partial charge in [-0.15, -0.1) is 0 Å². The van der Waals surface area contributed by atoms with Gasteiger partial charge in [-0.2, -0.15) is 4.31 Å². The Morgan fingerprint density at radius 1 is 1.15 bits per heavy atom. The van der Waals surface area contributed by atoms with E-state index in [9.17, 15) is 18.0 Å². The lowest BCUT2D eigenvalue weighted by molar-refractivity contribution is -0.116. The van der Waals surface area contributed by atoms with Crippen LogP contribution >= 0.6 is 0 Å². The fourth-order valence-electron chi connectivity index (χ4n) is 3.82. The van der Waals surface area contributed by atoms with E-state index in [0.29, 0.717) is 49.4 Å². The van der Waals surface area contributed by atoms with Crippen molar-refractivity contribution < 1.29 is 27.5 Å². The molecule has 2 N–H and O–H groups in total. The molecule has 0 saturated carbocycles. The molecule has 178 valence electrons. The summed E-state index contributed by atoms with van der Waals surface area (Å²) in [6.07, 6.45) is 3.14. The predicted molar refractivity (Wildman–Crippen MR) is 121 cm³/mol. The molecule has 10 nitrogen and oxygen atoms in total. The number of piperidine rings is 1. The van der Waals surface area contributed by atoms with Crippen molar-refractivity contribution in [3.05, 3.63) is 36.2 Å². The highest BCUT2D eigenvalue weighted by Gasteiger charge is 2.28. The van der Waals surface area contributed by atoms with Crippen LogP contribution in [-0.2, 0) is 14.8 Å². The van der Waals surface area contributed by atoms with Gasteiger partial charge in [-0.3, -0.25) is 9.59 Å². The molecule has 2 amide bonds. The molecule has 33 heavy (non-hydrogen) atoms. The lowest BCUT2D eigenvalue weighted by Crippen LogP contribution is -2.38. The number of likely N-dealkylation sites (tertiary alicyclic amines) is 1. The number of hydrogen-bond acceptors (Lipinski definition) is 6. The maximum absolute atomic E-state index is 12.9. The van der Waals surface area contributed by atoms with Gasteiger partial charge in [0.1, 0.15) is 23.8 Å². The van der Waals surface area contributed by atoms with Gasteiger partial charge in [0, 0.05) is 38.1 Å². The number of H-pyrrole nitrogens is 1. The molecule has 4 rings (SSSR count). The zero-order chi connectivity index (χ0) is 23.6. The fourth-order valence-corrected chi connectivity index (χ4v) is 4.94. The van der Waals surface area contributed by atoms with Gasteiger partial charge in [-0.05, 0) is 37.0 Å². The van der Waals surface area contributed by atoms with E-state index in [1.807, 2.05) is 0 Å². The van der Waals surface area contributed by atoms with Crippen molar-refractivity contribution in [2.75, 3.05) is 45.2 Å². The third kappa shape index (κ3) is 5.14. The third-order valence-corrected chi connectivity index (χ3v) is 7.64. The molecule has 0 unspecified atom stereocenters. The second-order valence-corrected chi connectivity index (χ2v) is 10.4. The SMILES string of the molecule is CC1CCN(C(=O)c2cc(S(=O)(=O)N(C)CC(=O)Nc3ccc4c(c3)OCCO4)c[nH]2)CC1. The number of aromatic nitrogens is 1. The minimum atomic E-state index is -3.97. The van der Waals surface area contributed by atoms with Crippen molar-refractivity contribution in [2.24, 2.45) is 5.92 Å². The lowest BCUT2D eigenvalue weighted by atomic mass is 9.99. The summed E-state index contributed by atoms with van der Waals surface area (Å²) in [6.45, 7) is 3.95. The minimum Gasteiger partial charge on any atom is -0.486 e. The normalized spacial score (nSPS) is 16.6. The molecular weight excluding hydrogens is 448 g/mol. The highest BCUT2D eigenvalue weighted by Crippen LogP contribution is 2.32. The molecule has 0 radical (unpaired) electrons. The molecule has 0 spiro atoms. The summed E-state index contributed by atoms with van der Waals surface area (Å²) >= 11 is 0. The maximum atomic E-state index is 12.9. The number of likely N-dealkylation sites (N-methyl/N-ethyl adjacent to an activating group) is 1. The van der Waals surface area contributed by atoms with Crippen molar-refractivity contribution in [1.29, 1.82) is 0 Å². The summed E-state index contributed by atoms with van der Waals surface area (Å²) in [5, 5.41) is 2.67. The van der Waals surface area contributed by atoms with Gasteiger partial charge >= 0.3 is 0 Å². The molecule has 0 bridgehead atoms. The predicted octanol–water partition coefficient (Wildman–Crippen LogP) is 1.92. The van der Waals surface area contributed by atoms with Crippen LogP contribution in [-0.4, -0.2) is 74.3 Å². The van der Waals surface area contributed by atoms with Crippen molar-refractivity contribution in [3.63, 3.8) is 0 Å². The highest BCUT2D eigenvalue weighted by molar-refractivity contribution is 7.89. The second-order valence-electron chi connectivity index (χ2n) is 8.39. The van der Waals surface area contributed by atoms with E-state index in [2.05, 4.69) is 17.2 Å². The molecule has 1 fully saturated rings. The van der Waals surface area contributed by atoms with Gasteiger partial charge < -0.3 is 24.7 Å². The molecule has 2 aromatic rings. The van der Waals surface area contributed by atoms with Crippen LogP contribution in [0, 0.1) is 5.92 Å². The van der Waals surface area contributed by atoms with E-state index in [-0.39, 0.29) is 16.5 Å². The number of amides is 2. The zero-order valence-electron chi connectivity index (χ0n) is 18.7. The number of carbonyl (C=O) groups is 2. The molecule has 2 aliphatic heterocycles. The van der Waals surface area contributed by atoms with Crippen LogP contribution in [0.15, 0.2) is 35.4 Å². The van der Waals surface area contributed by atoms with Gasteiger partial charge in [0.05, 0.1) is 6.54 Å². The Labute approximate surface area is 192 Å². The Hall–Kier alpha value is -3.05. The summed E-state index contributed by atoms with van der Waals surface area (Å²) < 4.78 is 37.7. The molecule has 11 heteroatoms. The van der Waals surface area contributed by atoms with E-state index < -0.39 is 22.5 Å². The monoisotopic (exact) mass is 476 g/mol. The highest BCUT2D eigenvalue weighted by atomic mass is 32.2. The number of carbonyl (C=O) groups excluding carboxylic acids is 2. The van der Waals surface area contributed by atoms with Crippen LogP contribution in [0.1, 0.15) is 30.3 Å². The molecule has 1 aromatic heterocycles. The molecule has 1 saturated heterocycles. The van der Waals surface area contributed by atoms with Gasteiger partial charge in [-0.1, -0.05) is 6.92 Å². The van der Waals surface area contributed by atoms with E-state index in [4.69, 9.17) is 9.47 Å². The standard InChI is InChI=1S/C22H28N4O6S/c1-15-5-7-26(8-6-15)22(28)18-12-17(13-23-18)33(29,30)25(2)14-21(27)24-16-3-4-19-20(11-16)32-10-9-31-19/h3-4,11-13,15,23H,5-10,14H2,1-2H3,(H,24,27). The molecule has 2 aliphatic rings. The smallest absolute Gasteiger partial charge is 0.270 e. The minimum absolute atomic E-state index is 0.0640. The van der Waals surface area contributed by atoms with Crippen molar-refractivity contribution in [3.8, 4) is 11.5 Å². The first-order chi connectivity index (χ1) is 15.7. The van der Waals surface area contributed by atoms with Crippen molar-refractivity contribution in [1.82, 2.24) is 14.2 Å². The lowest BCUT2D eigenvalue weighted by Gasteiger charge is -2.29. The zero-order valence-corrected chi connectivity index (χ0v) is 19.5. The Balaban J connectivity index is 1.38. The van der Waals surface area contributed by atoms with E-state index in [0.717, 1.165) is 17.1 Å². The summed E-state index contributed by atoms with van der Waals surface area (Å²) in [7, 11) is -2.65. The topological polar surface area (TPSA) is 121 Å². The van der Waals surface area contributed by atoms with Gasteiger partial charge in [0.25, 0.3) is 5.91 Å². The van der Waals surface area contributed by atoms with Gasteiger partial charge in [0.2, 0.25) is 15.9 Å². The molecule has 0 atom stereocenters. The number of nitrogens with one attached hydrogen (secondary N) is 2. The van der Waals surface area contributed by atoms with Crippen LogP contribution in [0.5, 0.6) is 11.5 Å². The first kappa shape index (κ1) is 23.1. The number of benzene rings is 1. The van der Waals surface area contributed by atoms with E-state index >= 15 is 0 Å². The maximum Gasteiger partial charge on any atom is 0.270 e. The van der Waals surface area contributed by atoms with Crippen LogP contribution in [0.4, 0.5) is 5.69 Å². The van der Waals surface area contributed by atoms with E-state index in [1.165, 1.54) is 19.3 Å². The number of fused-ring (bicyclic) bond motifs is 1. The number of ether oxygens (including phenoxy) is 2. The number of anilines is 1. The average molecular weight is 477 g/mol. The number of rotatable bonds is 6. The second kappa shape index (κ2) is 9.44. The Bertz CT molecular complexity index is 1140. The third-order valence-electron chi connectivity index (χ3n) is 5.86. The molecule has 1 aromatic carbocycles. The Morgan fingerprint density at radius 3 is 2.58 bits per heavy atom. The fraction of sp³-hybridized carbons (Fsp3) is 0.455. The summed E-state index contributed by atoms with van der Waals surface area (Å²) in [4.78, 5) is 29.6. The van der Waals surface area contributed by atoms with Gasteiger partial charge in [-0.25, -0.2) is 8.42 Å². The summed E-state index contributed by atoms with van der Waals surface area (Å²) in [6, 6.07) is 6.30. The molecule has 0 aliphatic carbocycles. The Kier molecular flexibility index (Phi) is 6.61. The summed E-state index contributed by atoms with van der Waals surface area (Å²) in [5.74, 6) is 0.966. The van der Waals surface area contributed by atoms with Crippen LogP contribution in [0.2, 0.25) is 0 Å². The summed E-state index contributed by atoms with van der Waals surface area (Å²) in [5.41, 5.74) is 0.692. The first-order valence-corrected chi connectivity index (χ1v) is 12.3. The van der Waals surface area contributed by atoms with Crippen LogP contribution in [0.25, 0.3) is 0 Å². The number of aromatic amines is 1. The quantitative estimate of drug-likeness (QED) is 0.657. The largest absolute Gasteiger partial charge is 0.486 e. The number of nitrogens with zero attached hydrogens (tertiary/aromatic N) is 2.